The predicted octanol–water partition coefficient (Wildman–Crippen LogP) is 3.27. The molecule has 1 aliphatic rings. The largest absolute Gasteiger partial charge is 0.393 e. The highest BCUT2D eigenvalue weighted by Gasteiger charge is 2.23. The van der Waals surface area contributed by atoms with Crippen molar-refractivity contribution in [3.8, 4) is 0 Å². The maximum atomic E-state index is 12.2. The number of nitrogens with two attached hydrogens (primary N) is 1. The van der Waals surface area contributed by atoms with Crippen LogP contribution in [0.1, 0.15) is 28.8 Å². The van der Waals surface area contributed by atoms with Crippen LogP contribution in [0.2, 0.25) is 0 Å². The van der Waals surface area contributed by atoms with Gasteiger partial charge in [-0.15, -0.1) is 0 Å². The molecule has 2 aromatic carbocycles. The van der Waals surface area contributed by atoms with Crippen LogP contribution in [-0.2, 0) is 6.42 Å². The van der Waals surface area contributed by atoms with Crippen molar-refractivity contribution < 1.29 is 4.79 Å². The lowest BCUT2D eigenvalue weighted by atomic mass is 9.90. The summed E-state index contributed by atoms with van der Waals surface area (Å²) in [6.45, 7) is 1.79. The smallest absolute Gasteiger partial charge is 0.269 e. The van der Waals surface area contributed by atoms with Gasteiger partial charge in [0.15, 0.2) is 11.6 Å². The molecule has 1 fully saturated rings. The summed E-state index contributed by atoms with van der Waals surface area (Å²) in [4.78, 5) is 23.0. The number of nitrogens with zero attached hydrogens (tertiary/aromatic N) is 3. The fourth-order valence-corrected chi connectivity index (χ4v) is 3.81. The van der Waals surface area contributed by atoms with Gasteiger partial charge in [-0.1, -0.05) is 48.5 Å². The average Bonchev–Trinajstić information content (AvgIpc) is 2.80. The summed E-state index contributed by atoms with van der Waals surface area (Å²) < 4.78 is 0. The molecular weight excluding hydrogens is 376 g/mol. The Labute approximate surface area is 176 Å². The zero-order chi connectivity index (χ0) is 20.8. The molecule has 1 saturated heterocycles. The van der Waals surface area contributed by atoms with Crippen molar-refractivity contribution in [2.24, 2.45) is 5.92 Å². The van der Waals surface area contributed by atoms with Gasteiger partial charge in [0.1, 0.15) is 12.0 Å². The molecule has 0 spiro atoms. The molecule has 0 aliphatic carbocycles. The van der Waals surface area contributed by atoms with E-state index < -0.39 is 0 Å². The number of carbonyl (C=O) groups is 1. The van der Waals surface area contributed by atoms with E-state index in [1.807, 2.05) is 18.2 Å². The van der Waals surface area contributed by atoms with Gasteiger partial charge in [-0.2, -0.15) is 0 Å². The standard InChI is InChI=1S/C23H26N6O/c24-20-21(27-28-23(30)19-9-5-2-6-10-19)25-16-26-22(20)29-13-11-18(12-14-29)15-17-7-3-1-4-8-17/h1-10,16,18H,11-15,24H2,(H,28,30)(H,25,26,27). The number of hydrazine groups is 1. The summed E-state index contributed by atoms with van der Waals surface area (Å²) in [6, 6.07) is 19.6. The van der Waals surface area contributed by atoms with Gasteiger partial charge in [0, 0.05) is 18.7 Å². The van der Waals surface area contributed by atoms with Crippen LogP contribution >= 0.6 is 0 Å². The number of nitrogen functional groups attached to an aromatic ring is 1. The van der Waals surface area contributed by atoms with Crippen molar-refractivity contribution in [3.05, 3.63) is 78.1 Å². The van der Waals surface area contributed by atoms with E-state index in [2.05, 4.69) is 56.1 Å². The number of benzene rings is 2. The maximum absolute atomic E-state index is 12.2. The van der Waals surface area contributed by atoms with E-state index in [4.69, 9.17) is 5.73 Å². The highest BCUT2D eigenvalue weighted by atomic mass is 16.2. The second-order valence-corrected chi connectivity index (χ2v) is 7.52. The number of anilines is 3. The van der Waals surface area contributed by atoms with Gasteiger partial charge >= 0.3 is 0 Å². The quantitative estimate of drug-likeness (QED) is 0.548. The van der Waals surface area contributed by atoms with E-state index in [1.54, 1.807) is 12.1 Å². The Kier molecular flexibility index (Phi) is 6.08. The zero-order valence-corrected chi connectivity index (χ0v) is 16.8. The maximum Gasteiger partial charge on any atom is 0.269 e. The third-order valence-corrected chi connectivity index (χ3v) is 5.47. The van der Waals surface area contributed by atoms with E-state index in [-0.39, 0.29) is 5.91 Å². The Balaban J connectivity index is 1.36. The van der Waals surface area contributed by atoms with Crippen LogP contribution in [0.5, 0.6) is 0 Å². The van der Waals surface area contributed by atoms with Crippen molar-refractivity contribution >= 4 is 23.2 Å². The molecule has 154 valence electrons. The Morgan fingerprint density at radius 1 is 1.00 bits per heavy atom. The van der Waals surface area contributed by atoms with Crippen molar-refractivity contribution in [2.75, 3.05) is 29.1 Å². The molecule has 4 N–H and O–H groups in total. The van der Waals surface area contributed by atoms with Crippen LogP contribution in [0, 0.1) is 5.92 Å². The van der Waals surface area contributed by atoms with Crippen LogP contribution in [0.4, 0.5) is 17.3 Å². The first-order valence-electron chi connectivity index (χ1n) is 10.2. The lowest BCUT2D eigenvalue weighted by Crippen LogP contribution is -2.36. The van der Waals surface area contributed by atoms with Crippen LogP contribution in [0.15, 0.2) is 67.0 Å². The van der Waals surface area contributed by atoms with E-state index in [1.165, 1.54) is 11.9 Å². The third kappa shape index (κ3) is 4.68. The normalized spacial score (nSPS) is 14.3. The highest BCUT2D eigenvalue weighted by Crippen LogP contribution is 2.30. The van der Waals surface area contributed by atoms with Gasteiger partial charge in [-0.3, -0.25) is 15.6 Å². The van der Waals surface area contributed by atoms with Crippen molar-refractivity contribution in [1.82, 2.24) is 15.4 Å². The first kappa shape index (κ1) is 19.7. The van der Waals surface area contributed by atoms with Gasteiger partial charge < -0.3 is 10.6 Å². The molecule has 1 aliphatic heterocycles. The Morgan fingerprint density at radius 3 is 2.37 bits per heavy atom. The number of carbonyl (C=O) groups excluding carboxylic acids is 1. The summed E-state index contributed by atoms with van der Waals surface area (Å²) in [6.07, 6.45) is 4.75. The SMILES string of the molecule is Nc1c(NNC(=O)c2ccccc2)ncnc1N1CCC(Cc2ccccc2)CC1. The van der Waals surface area contributed by atoms with Gasteiger partial charge in [0.05, 0.1) is 0 Å². The van der Waals surface area contributed by atoms with E-state index in [0.717, 1.165) is 32.4 Å². The van der Waals surface area contributed by atoms with Crippen molar-refractivity contribution in [2.45, 2.75) is 19.3 Å². The summed E-state index contributed by atoms with van der Waals surface area (Å²) in [5.41, 5.74) is 14.2. The second-order valence-electron chi connectivity index (χ2n) is 7.52. The molecule has 0 bridgehead atoms. The fraction of sp³-hybridized carbons (Fsp3) is 0.261. The summed E-state index contributed by atoms with van der Waals surface area (Å²) in [7, 11) is 0. The molecule has 1 aromatic heterocycles. The molecule has 7 heteroatoms. The summed E-state index contributed by atoms with van der Waals surface area (Å²) in [5.74, 6) is 1.52. The Hall–Kier alpha value is -3.61. The lowest BCUT2D eigenvalue weighted by molar-refractivity contribution is 0.0962. The van der Waals surface area contributed by atoms with Crippen molar-refractivity contribution in [3.63, 3.8) is 0 Å². The number of aromatic nitrogens is 2. The lowest BCUT2D eigenvalue weighted by Gasteiger charge is -2.33. The minimum Gasteiger partial charge on any atom is -0.393 e. The number of rotatable bonds is 6. The predicted molar refractivity (Wildman–Crippen MR) is 119 cm³/mol. The molecule has 0 saturated carbocycles. The average molecular weight is 403 g/mol. The fourth-order valence-electron chi connectivity index (χ4n) is 3.81. The van der Waals surface area contributed by atoms with E-state index in [0.29, 0.717) is 28.8 Å². The molecule has 2 heterocycles. The van der Waals surface area contributed by atoms with Gasteiger partial charge in [0.2, 0.25) is 0 Å². The van der Waals surface area contributed by atoms with Gasteiger partial charge in [-0.25, -0.2) is 9.97 Å². The summed E-state index contributed by atoms with van der Waals surface area (Å²) in [5, 5.41) is 0. The first-order valence-corrected chi connectivity index (χ1v) is 10.2. The topological polar surface area (TPSA) is 96.2 Å². The van der Waals surface area contributed by atoms with Gasteiger partial charge in [-0.05, 0) is 42.9 Å². The van der Waals surface area contributed by atoms with Gasteiger partial charge in [0.25, 0.3) is 5.91 Å². The molecule has 30 heavy (non-hydrogen) atoms. The molecule has 0 radical (unpaired) electrons. The minimum absolute atomic E-state index is 0.253. The molecule has 3 aromatic rings. The van der Waals surface area contributed by atoms with Crippen LogP contribution in [-0.4, -0.2) is 29.0 Å². The Bertz CT molecular complexity index is 971. The first-order chi connectivity index (χ1) is 14.7. The third-order valence-electron chi connectivity index (χ3n) is 5.47. The number of hydrogen-bond acceptors (Lipinski definition) is 6. The molecule has 7 nitrogen and oxygen atoms in total. The zero-order valence-electron chi connectivity index (χ0n) is 16.8. The minimum atomic E-state index is -0.253. The number of nitrogens with one attached hydrogen (secondary N) is 2. The summed E-state index contributed by atoms with van der Waals surface area (Å²) >= 11 is 0. The monoisotopic (exact) mass is 402 g/mol. The van der Waals surface area contributed by atoms with Crippen LogP contribution in [0.25, 0.3) is 0 Å². The molecule has 1 amide bonds. The van der Waals surface area contributed by atoms with Crippen molar-refractivity contribution in [1.29, 1.82) is 0 Å². The molecule has 0 atom stereocenters. The van der Waals surface area contributed by atoms with E-state index in [9.17, 15) is 4.79 Å². The molecule has 4 rings (SSSR count). The number of amides is 1. The van der Waals surface area contributed by atoms with Crippen LogP contribution < -0.4 is 21.5 Å². The highest BCUT2D eigenvalue weighted by molar-refractivity contribution is 5.95. The van der Waals surface area contributed by atoms with E-state index >= 15 is 0 Å². The Morgan fingerprint density at radius 2 is 1.67 bits per heavy atom. The number of piperidine rings is 1. The number of hydrogen-bond donors (Lipinski definition) is 3. The molecule has 0 unspecified atom stereocenters. The van der Waals surface area contributed by atoms with Crippen LogP contribution in [0.3, 0.4) is 0 Å². The second kappa shape index (κ2) is 9.26. The molecular formula is C23H26N6O.